The molecule has 1 aromatic rings. The quantitative estimate of drug-likeness (QED) is 0.894. The molecule has 1 aromatic heterocycles. The third-order valence-corrected chi connectivity index (χ3v) is 2.91. The zero-order valence-corrected chi connectivity index (χ0v) is 12.3. The minimum absolute atomic E-state index is 0.0556. The standard InChI is InChI=1S/C14H25N3O/c1-9(2)11-7-10(8-18-6)16-13(17-11)12(15)14(3,4)5/h7,9,12H,8,15H2,1-6H3. The van der Waals surface area contributed by atoms with Crippen molar-refractivity contribution in [1.29, 1.82) is 0 Å². The average Bonchev–Trinajstić information content (AvgIpc) is 2.26. The van der Waals surface area contributed by atoms with Crippen molar-refractivity contribution < 1.29 is 4.74 Å². The lowest BCUT2D eigenvalue weighted by atomic mass is 9.87. The van der Waals surface area contributed by atoms with Gasteiger partial charge in [-0.25, -0.2) is 9.97 Å². The number of rotatable bonds is 4. The fraction of sp³-hybridized carbons (Fsp3) is 0.714. The van der Waals surface area contributed by atoms with Crippen LogP contribution in [0.4, 0.5) is 0 Å². The van der Waals surface area contributed by atoms with Crippen molar-refractivity contribution in [3.63, 3.8) is 0 Å². The summed E-state index contributed by atoms with van der Waals surface area (Å²) in [4.78, 5) is 9.10. The highest BCUT2D eigenvalue weighted by atomic mass is 16.5. The summed E-state index contributed by atoms with van der Waals surface area (Å²) in [6, 6.07) is 1.82. The Morgan fingerprint density at radius 3 is 2.33 bits per heavy atom. The van der Waals surface area contributed by atoms with Crippen LogP contribution in [0.5, 0.6) is 0 Å². The second-order valence-corrected chi connectivity index (χ2v) is 6.07. The molecule has 1 rings (SSSR count). The molecule has 0 saturated carbocycles. The van der Waals surface area contributed by atoms with Crippen LogP contribution < -0.4 is 5.73 Å². The molecular weight excluding hydrogens is 226 g/mol. The first-order valence-electron chi connectivity index (χ1n) is 6.38. The lowest BCUT2D eigenvalue weighted by molar-refractivity contribution is 0.180. The number of methoxy groups -OCH3 is 1. The van der Waals surface area contributed by atoms with Crippen molar-refractivity contribution in [2.24, 2.45) is 11.1 Å². The van der Waals surface area contributed by atoms with Crippen LogP contribution in [0.15, 0.2) is 6.07 Å². The van der Waals surface area contributed by atoms with Gasteiger partial charge < -0.3 is 10.5 Å². The topological polar surface area (TPSA) is 61.0 Å². The number of hydrogen-bond donors (Lipinski definition) is 1. The molecule has 0 aliphatic carbocycles. The zero-order valence-electron chi connectivity index (χ0n) is 12.3. The van der Waals surface area contributed by atoms with Crippen molar-refractivity contribution in [3.05, 3.63) is 23.3 Å². The molecule has 0 bridgehead atoms. The van der Waals surface area contributed by atoms with Crippen LogP contribution in [0, 0.1) is 5.41 Å². The molecule has 18 heavy (non-hydrogen) atoms. The van der Waals surface area contributed by atoms with E-state index in [1.807, 2.05) is 6.07 Å². The Morgan fingerprint density at radius 1 is 1.28 bits per heavy atom. The van der Waals surface area contributed by atoms with Gasteiger partial charge in [-0.3, -0.25) is 0 Å². The Balaban J connectivity index is 3.18. The third-order valence-electron chi connectivity index (χ3n) is 2.91. The molecule has 0 radical (unpaired) electrons. The number of nitrogens with zero attached hydrogens (tertiary/aromatic N) is 2. The van der Waals surface area contributed by atoms with E-state index in [1.54, 1.807) is 7.11 Å². The normalized spacial score (nSPS) is 14.0. The van der Waals surface area contributed by atoms with Crippen molar-refractivity contribution in [2.45, 2.75) is 53.2 Å². The van der Waals surface area contributed by atoms with Crippen molar-refractivity contribution >= 4 is 0 Å². The summed E-state index contributed by atoms with van der Waals surface area (Å²) in [5, 5.41) is 0. The SMILES string of the molecule is COCc1cc(C(C)C)nc(C(N)C(C)(C)C)n1. The first kappa shape index (κ1) is 15.1. The summed E-state index contributed by atoms with van der Waals surface area (Å²) in [6.45, 7) is 11.0. The summed E-state index contributed by atoms with van der Waals surface area (Å²) in [6.07, 6.45) is 0. The Labute approximate surface area is 110 Å². The van der Waals surface area contributed by atoms with E-state index in [0.29, 0.717) is 18.3 Å². The molecule has 1 unspecified atom stereocenters. The van der Waals surface area contributed by atoms with Gasteiger partial charge in [0.1, 0.15) is 5.82 Å². The average molecular weight is 251 g/mol. The smallest absolute Gasteiger partial charge is 0.146 e. The second kappa shape index (κ2) is 5.76. The molecule has 0 aliphatic rings. The van der Waals surface area contributed by atoms with Gasteiger partial charge in [-0.15, -0.1) is 0 Å². The van der Waals surface area contributed by atoms with E-state index in [0.717, 1.165) is 11.4 Å². The van der Waals surface area contributed by atoms with Crippen molar-refractivity contribution in [1.82, 2.24) is 9.97 Å². The van der Waals surface area contributed by atoms with E-state index in [9.17, 15) is 0 Å². The summed E-state index contributed by atoms with van der Waals surface area (Å²) < 4.78 is 5.15. The van der Waals surface area contributed by atoms with Crippen LogP contribution in [-0.2, 0) is 11.3 Å². The predicted octanol–water partition coefficient (Wildman–Crippen LogP) is 2.79. The van der Waals surface area contributed by atoms with Gasteiger partial charge in [0.15, 0.2) is 0 Å². The van der Waals surface area contributed by atoms with Gasteiger partial charge in [0.2, 0.25) is 0 Å². The first-order chi connectivity index (χ1) is 8.25. The minimum atomic E-state index is -0.174. The van der Waals surface area contributed by atoms with E-state index in [4.69, 9.17) is 10.5 Å². The van der Waals surface area contributed by atoms with Gasteiger partial charge in [-0.2, -0.15) is 0 Å². The van der Waals surface area contributed by atoms with Crippen molar-refractivity contribution in [3.8, 4) is 0 Å². The number of hydrogen-bond acceptors (Lipinski definition) is 4. The highest BCUT2D eigenvalue weighted by Gasteiger charge is 2.25. The van der Waals surface area contributed by atoms with Gasteiger partial charge in [0.05, 0.1) is 18.3 Å². The molecular formula is C14H25N3O. The summed E-state index contributed by atoms with van der Waals surface area (Å²) in [5.74, 6) is 1.07. The van der Waals surface area contributed by atoms with E-state index in [2.05, 4.69) is 44.6 Å². The monoisotopic (exact) mass is 251 g/mol. The van der Waals surface area contributed by atoms with Crippen LogP contribution in [0.3, 0.4) is 0 Å². The maximum Gasteiger partial charge on any atom is 0.146 e. The summed E-state index contributed by atoms with van der Waals surface area (Å²) >= 11 is 0. The Kier molecular flexibility index (Phi) is 4.82. The lowest BCUT2D eigenvalue weighted by Gasteiger charge is -2.26. The van der Waals surface area contributed by atoms with Crippen LogP contribution in [0.25, 0.3) is 0 Å². The molecule has 0 amide bonds. The summed E-state index contributed by atoms with van der Waals surface area (Å²) in [5.41, 5.74) is 8.10. The molecule has 1 heterocycles. The molecule has 1 atom stereocenters. The summed E-state index contributed by atoms with van der Waals surface area (Å²) in [7, 11) is 1.67. The number of nitrogens with two attached hydrogens (primary N) is 1. The minimum Gasteiger partial charge on any atom is -0.378 e. The molecule has 4 heteroatoms. The maximum atomic E-state index is 6.24. The van der Waals surface area contributed by atoms with E-state index in [1.165, 1.54) is 0 Å². The first-order valence-corrected chi connectivity index (χ1v) is 6.38. The van der Waals surface area contributed by atoms with Gasteiger partial charge in [0.25, 0.3) is 0 Å². The second-order valence-electron chi connectivity index (χ2n) is 6.07. The van der Waals surface area contributed by atoms with E-state index < -0.39 is 0 Å². The van der Waals surface area contributed by atoms with Crippen LogP contribution >= 0.6 is 0 Å². The lowest BCUT2D eigenvalue weighted by Crippen LogP contribution is -2.29. The molecule has 0 saturated heterocycles. The van der Waals surface area contributed by atoms with Crippen molar-refractivity contribution in [2.75, 3.05) is 7.11 Å². The van der Waals surface area contributed by atoms with Gasteiger partial charge in [-0.05, 0) is 17.4 Å². The molecule has 0 aliphatic heterocycles. The van der Waals surface area contributed by atoms with Gasteiger partial charge >= 0.3 is 0 Å². The molecule has 102 valence electrons. The zero-order chi connectivity index (χ0) is 13.9. The fourth-order valence-corrected chi connectivity index (χ4v) is 1.58. The molecule has 0 fully saturated rings. The third kappa shape index (κ3) is 3.75. The maximum absolute atomic E-state index is 6.24. The molecule has 2 N–H and O–H groups in total. The highest BCUT2D eigenvalue weighted by molar-refractivity contribution is 5.16. The molecule has 0 aromatic carbocycles. The van der Waals surface area contributed by atoms with Crippen LogP contribution in [0.2, 0.25) is 0 Å². The molecule has 0 spiro atoms. The largest absolute Gasteiger partial charge is 0.378 e. The van der Waals surface area contributed by atoms with Gasteiger partial charge in [0, 0.05) is 12.8 Å². The van der Waals surface area contributed by atoms with Gasteiger partial charge in [-0.1, -0.05) is 34.6 Å². The molecule has 4 nitrogen and oxygen atoms in total. The predicted molar refractivity (Wildman–Crippen MR) is 73.2 cm³/mol. The van der Waals surface area contributed by atoms with Crippen LogP contribution in [0.1, 0.15) is 63.8 Å². The van der Waals surface area contributed by atoms with Crippen LogP contribution in [-0.4, -0.2) is 17.1 Å². The Hall–Kier alpha value is -1.00. The highest BCUT2D eigenvalue weighted by Crippen LogP contribution is 2.29. The number of aromatic nitrogens is 2. The van der Waals surface area contributed by atoms with E-state index >= 15 is 0 Å². The van der Waals surface area contributed by atoms with E-state index in [-0.39, 0.29) is 11.5 Å². The number of ether oxygens (including phenoxy) is 1. The Bertz CT molecular complexity index is 397. The Morgan fingerprint density at radius 2 is 1.89 bits per heavy atom. The fourth-order valence-electron chi connectivity index (χ4n) is 1.58.